The Balaban J connectivity index is 2.55. The first-order valence-electron chi connectivity index (χ1n) is 8.35. The van der Waals surface area contributed by atoms with Crippen molar-refractivity contribution in [2.45, 2.75) is 65.2 Å². The summed E-state index contributed by atoms with van der Waals surface area (Å²) in [4.78, 5) is 0. The van der Waals surface area contributed by atoms with E-state index in [1.807, 2.05) is 13.8 Å². The standard InChI is InChI=1S/C19H26F4/c1-6-7-8-19(10-12(19)4)17-16(22)15(21)13(11(2)3)9-14(20)18(17,5)23/h9,12,14,17H,2,6-8,10H2,1,3-5H3. The van der Waals surface area contributed by atoms with E-state index in [0.717, 1.165) is 25.8 Å². The molecule has 5 unspecified atom stereocenters. The third-order valence-electron chi connectivity index (χ3n) is 5.65. The van der Waals surface area contributed by atoms with Gasteiger partial charge in [-0.2, -0.15) is 0 Å². The van der Waals surface area contributed by atoms with Crippen LogP contribution in [-0.4, -0.2) is 11.8 Å². The third kappa shape index (κ3) is 2.89. The van der Waals surface area contributed by atoms with Crippen molar-refractivity contribution in [1.29, 1.82) is 0 Å². The highest BCUT2D eigenvalue weighted by Crippen LogP contribution is 2.67. The lowest BCUT2D eigenvalue weighted by Crippen LogP contribution is -2.44. The van der Waals surface area contributed by atoms with Crippen LogP contribution in [0.3, 0.4) is 0 Å². The molecule has 2 rings (SSSR count). The molecular formula is C19H26F4. The first kappa shape index (κ1) is 18.3. The van der Waals surface area contributed by atoms with E-state index in [0.29, 0.717) is 12.8 Å². The molecule has 4 heteroatoms. The van der Waals surface area contributed by atoms with Crippen LogP contribution in [0.25, 0.3) is 0 Å². The Morgan fingerprint density at radius 3 is 2.39 bits per heavy atom. The van der Waals surface area contributed by atoms with Gasteiger partial charge < -0.3 is 0 Å². The van der Waals surface area contributed by atoms with Crippen LogP contribution in [0.15, 0.2) is 35.5 Å². The fourth-order valence-electron chi connectivity index (χ4n) is 4.10. The Hall–Kier alpha value is -1.06. The van der Waals surface area contributed by atoms with E-state index < -0.39 is 34.8 Å². The average molecular weight is 330 g/mol. The Bertz CT molecular complexity index is 558. The minimum atomic E-state index is -2.48. The Kier molecular flexibility index (Phi) is 4.85. The van der Waals surface area contributed by atoms with Gasteiger partial charge in [0.2, 0.25) is 0 Å². The van der Waals surface area contributed by atoms with Crippen molar-refractivity contribution in [2.24, 2.45) is 17.3 Å². The molecule has 0 saturated heterocycles. The summed E-state index contributed by atoms with van der Waals surface area (Å²) >= 11 is 0. The van der Waals surface area contributed by atoms with Crippen molar-refractivity contribution in [1.82, 2.24) is 0 Å². The van der Waals surface area contributed by atoms with Crippen LogP contribution in [0.4, 0.5) is 17.6 Å². The quantitative estimate of drug-likeness (QED) is 0.501. The average Bonchev–Trinajstić information content (AvgIpc) is 3.11. The Morgan fingerprint density at radius 2 is 1.96 bits per heavy atom. The van der Waals surface area contributed by atoms with Crippen molar-refractivity contribution in [3.8, 4) is 0 Å². The van der Waals surface area contributed by atoms with Crippen LogP contribution < -0.4 is 0 Å². The molecule has 0 heterocycles. The van der Waals surface area contributed by atoms with E-state index in [1.54, 1.807) is 0 Å². The highest BCUT2D eigenvalue weighted by atomic mass is 19.2. The summed E-state index contributed by atoms with van der Waals surface area (Å²) < 4.78 is 59.4. The molecule has 0 nitrogen and oxygen atoms in total. The van der Waals surface area contributed by atoms with Crippen molar-refractivity contribution in [3.63, 3.8) is 0 Å². The van der Waals surface area contributed by atoms with Crippen molar-refractivity contribution in [3.05, 3.63) is 35.5 Å². The third-order valence-corrected chi connectivity index (χ3v) is 5.65. The molecule has 1 fully saturated rings. The van der Waals surface area contributed by atoms with E-state index in [4.69, 9.17) is 0 Å². The predicted octanol–water partition coefficient (Wildman–Crippen LogP) is 6.55. The molecule has 2 aliphatic carbocycles. The van der Waals surface area contributed by atoms with Crippen LogP contribution in [0.5, 0.6) is 0 Å². The number of hydrogen-bond acceptors (Lipinski definition) is 0. The zero-order chi connectivity index (χ0) is 17.6. The molecular weight excluding hydrogens is 304 g/mol. The van der Waals surface area contributed by atoms with Gasteiger partial charge >= 0.3 is 0 Å². The lowest BCUT2D eigenvalue weighted by Gasteiger charge is -2.37. The van der Waals surface area contributed by atoms with Gasteiger partial charge in [0.15, 0.2) is 17.7 Å². The number of allylic oxidation sites excluding steroid dienone is 5. The molecule has 23 heavy (non-hydrogen) atoms. The fourth-order valence-corrected chi connectivity index (χ4v) is 4.10. The fraction of sp³-hybridized carbons (Fsp3) is 0.684. The molecule has 1 saturated carbocycles. The number of alkyl halides is 2. The van der Waals surface area contributed by atoms with E-state index in [1.165, 1.54) is 6.92 Å². The largest absolute Gasteiger partial charge is 0.240 e. The first-order valence-corrected chi connectivity index (χ1v) is 8.35. The van der Waals surface area contributed by atoms with Gasteiger partial charge in [0.05, 0.1) is 5.92 Å². The second kappa shape index (κ2) is 6.10. The summed E-state index contributed by atoms with van der Waals surface area (Å²) in [6.45, 7) is 9.98. The molecule has 130 valence electrons. The van der Waals surface area contributed by atoms with Crippen LogP contribution in [-0.2, 0) is 0 Å². The van der Waals surface area contributed by atoms with Crippen LogP contribution >= 0.6 is 0 Å². The molecule has 0 spiro atoms. The summed E-state index contributed by atoms with van der Waals surface area (Å²) in [7, 11) is 0. The maximum Gasteiger partial charge on any atom is 0.162 e. The Morgan fingerprint density at radius 1 is 1.39 bits per heavy atom. The normalized spacial score (nSPS) is 40.7. The molecule has 2 aliphatic rings. The maximum atomic E-state index is 15.3. The molecule has 0 aromatic carbocycles. The lowest BCUT2D eigenvalue weighted by atomic mass is 9.71. The van der Waals surface area contributed by atoms with Crippen molar-refractivity contribution >= 4 is 0 Å². The Labute approximate surface area is 136 Å². The van der Waals surface area contributed by atoms with Gasteiger partial charge in [0.1, 0.15) is 5.83 Å². The number of unbranched alkanes of at least 4 members (excludes halogenated alkanes) is 1. The van der Waals surface area contributed by atoms with Gasteiger partial charge in [-0.15, -0.1) is 0 Å². The molecule has 0 N–H and O–H groups in total. The van der Waals surface area contributed by atoms with Gasteiger partial charge in [-0.05, 0) is 49.7 Å². The number of rotatable bonds is 5. The molecule has 0 bridgehead atoms. The van der Waals surface area contributed by atoms with E-state index >= 15 is 4.39 Å². The van der Waals surface area contributed by atoms with E-state index in [9.17, 15) is 13.2 Å². The molecule has 0 aromatic rings. The smallest absolute Gasteiger partial charge is 0.162 e. The van der Waals surface area contributed by atoms with Crippen LogP contribution in [0, 0.1) is 17.3 Å². The molecule has 5 atom stereocenters. The lowest BCUT2D eigenvalue weighted by molar-refractivity contribution is -0.00191. The van der Waals surface area contributed by atoms with Crippen LogP contribution in [0.2, 0.25) is 0 Å². The van der Waals surface area contributed by atoms with Gasteiger partial charge in [0.25, 0.3) is 0 Å². The number of hydrogen-bond donors (Lipinski definition) is 0. The molecule has 0 aliphatic heterocycles. The predicted molar refractivity (Wildman–Crippen MR) is 85.8 cm³/mol. The summed E-state index contributed by atoms with van der Waals surface area (Å²) in [5.74, 6) is -3.63. The summed E-state index contributed by atoms with van der Waals surface area (Å²) in [6, 6.07) is 0. The van der Waals surface area contributed by atoms with Gasteiger partial charge in [0, 0.05) is 5.57 Å². The first-order chi connectivity index (χ1) is 10.6. The van der Waals surface area contributed by atoms with Gasteiger partial charge in [-0.3, -0.25) is 0 Å². The van der Waals surface area contributed by atoms with Crippen LogP contribution in [0.1, 0.15) is 53.4 Å². The zero-order valence-corrected chi connectivity index (χ0v) is 14.4. The SMILES string of the molecule is C=C(C)C1=CC(F)C(C)(F)C(C2(CCCC)CC2C)C(F)=C1F. The minimum absolute atomic E-state index is 0.0613. The zero-order valence-electron chi connectivity index (χ0n) is 14.4. The maximum absolute atomic E-state index is 15.3. The second-order valence-electron chi connectivity index (χ2n) is 7.45. The van der Waals surface area contributed by atoms with E-state index in [2.05, 4.69) is 6.58 Å². The molecule has 0 aromatic heterocycles. The minimum Gasteiger partial charge on any atom is -0.240 e. The summed E-state index contributed by atoms with van der Waals surface area (Å²) in [5, 5.41) is 0. The van der Waals surface area contributed by atoms with Gasteiger partial charge in [-0.25, -0.2) is 17.6 Å². The molecule has 0 amide bonds. The number of halogens is 4. The monoisotopic (exact) mass is 330 g/mol. The summed E-state index contributed by atoms with van der Waals surface area (Å²) in [5.41, 5.74) is -3.22. The highest BCUT2D eigenvalue weighted by Gasteiger charge is 2.65. The van der Waals surface area contributed by atoms with Crippen molar-refractivity contribution < 1.29 is 17.6 Å². The summed E-state index contributed by atoms with van der Waals surface area (Å²) in [6.07, 6.45) is 1.65. The molecule has 0 radical (unpaired) electrons. The van der Waals surface area contributed by atoms with Gasteiger partial charge in [-0.1, -0.05) is 33.3 Å². The highest BCUT2D eigenvalue weighted by molar-refractivity contribution is 5.47. The second-order valence-corrected chi connectivity index (χ2v) is 7.45. The van der Waals surface area contributed by atoms with Crippen molar-refractivity contribution in [2.75, 3.05) is 0 Å². The van der Waals surface area contributed by atoms with E-state index in [-0.39, 0.29) is 17.1 Å². The topological polar surface area (TPSA) is 0 Å².